The van der Waals surface area contributed by atoms with E-state index in [1.54, 1.807) is 0 Å². The molecule has 0 aromatic carbocycles. The van der Waals surface area contributed by atoms with E-state index in [-0.39, 0.29) is 12.0 Å². The minimum Gasteiger partial charge on any atom is -0.395 e. The molecule has 0 saturated heterocycles. The van der Waals surface area contributed by atoms with Crippen LogP contribution in [0, 0.1) is 35.0 Å². The van der Waals surface area contributed by atoms with E-state index in [0.717, 1.165) is 12.8 Å². The summed E-state index contributed by atoms with van der Waals surface area (Å²) in [6.07, 6.45) is 12.3. The van der Waals surface area contributed by atoms with E-state index >= 15 is 0 Å². The van der Waals surface area contributed by atoms with Crippen molar-refractivity contribution >= 4 is 5.78 Å². The second kappa shape index (κ2) is 5.44. The van der Waals surface area contributed by atoms with Crippen LogP contribution in [0.2, 0.25) is 0 Å². The Morgan fingerprint density at radius 3 is 2.87 bits per heavy atom. The van der Waals surface area contributed by atoms with Crippen LogP contribution in [0.5, 0.6) is 0 Å². The van der Waals surface area contributed by atoms with Gasteiger partial charge in [-0.2, -0.15) is 0 Å². The molecule has 4 aliphatic rings. The predicted octanol–water partition coefficient (Wildman–Crippen LogP) is 4.07. The van der Waals surface area contributed by atoms with Gasteiger partial charge in [0.2, 0.25) is 0 Å². The number of aliphatic hydroxyl groups is 1. The largest absolute Gasteiger partial charge is 0.395 e. The summed E-state index contributed by atoms with van der Waals surface area (Å²) in [4.78, 5) is 11.9. The van der Waals surface area contributed by atoms with Gasteiger partial charge in [0.1, 0.15) is 5.78 Å². The van der Waals surface area contributed by atoms with E-state index in [9.17, 15) is 9.90 Å². The van der Waals surface area contributed by atoms with Gasteiger partial charge in [-0.15, -0.1) is 0 Å². The molecule has 0 radical (unpaired) electrons. The van der Waals surface area contributed by atoms with Crippen molar-refractivity contribution in [1.29, 1.82) is 0 Å². The van der Waals surface area contributed by atoms with Gasteiger partial charge in [0, 0.05) is 18.3 Å². The fourth-order valence-corrected chi connectivity index (χ4v) is 6.48. The SMILES string of the molecule is C=CC1=CCC2C3CC=C4CC(=O)CC[C@]4(CO)C3C[C@@H](C)C12. The van der Waals surface area contributed by atoms with Gasteiger partial charge in [-0.05, 0) is 60.8 Å². The highest BCUT2D eigenvalue weighted by molar-refractivity contribution is 5.82. The van der Waals surface area contributed by atoms with Crippen molar-refractivity contribution in [2.75, 3.05) is 6.61 Å². The van der Waals surface area contributed by atoms with Gasteiger partial charge in [0.05, 0.1) is 6.61 Å². The van der Waals surface area contributed by atoms with Crippen molar-refractivity contribution in [2.45, 2.75) is 45.4 Å². The number of fused-ring (bicyclic) bond motifs is 5. The first-order chi connectivity index (χ1) is 11.1. The van der Waals surface area contributed by atoms with Gasteiger partial charge in [0.25, 0.3) is 0 Å². The van der Waals surface area contributed by atoms with Crippen LogP contribution in [0.3, 0.4) is 0 Å². The predicted molar refractivity (Wildman–Crippen MR) is 91.7 cm³/mol. The number of ketones is 1. The first kappa shape index (κ1) is 15.4. The fourth-order valence-electron chi connectivity index (χ4n) is 6.48. The first-order valence-corrected chi connectivity index (χ1v) is 9.25. The van der Waals surface area contributed by atoms with Gasteiger partial charge in [-0.3, -0.25) is 4.79 Å². The Kier molecular flexibility index (Phi) is 3.64. The molecule has 0 heterocycles. The molecule has 0 aromatic rings. The molecule has 2 heteroatoms. The average Bonchev–Trinajstić information content (AvgIpc) is 2.99. The standard InChI is InChI=1S/C21H28O2/c1-3-14-4-6-18-17-7-5-15-11-16(23)8-9-21(15,12-22)19(17)10-13(2)20(14)18/h3-5,13,17-20,22H,1,6-12H2,2H3/t13-,17?,18?,19?,20?,21-/m1/s1. The number of hydrogen-bond donors (Lipinski definition) is 1. The van der Waals surface area contributed by atoms with Crippen molar-refractivity contribution in [3.05, 3.63) is 36.0 Å². The maximum Gasteiger partial charge on any atom is 0.136 e. The van der Waals surface area contributed by atoms with Crippen molar-refractivity contribution < 1.29 is 9.90 Å². The van der Waals surface area contributed by atoms with Crippen LogP contribution < -0.4 is 0 Å². The summed E-state index contributed by atoms with van der Waals surface area (Å²) in [7, 11) is 0. The molecule has 2 saturated carbocycles. The zero-order valence-electron chi connectivity index (χ0n) is 14.1. The maximum absolute atomic E-state index is 11.9. The minimum atomic E-state index is -0.104. The van der Waals surface area contributed by atoms with E-state index in [1.165, 1.54) is 24.0 Å². The van der Waals surface area contributed by atoms with Gasteiger partial charge in [0.15, 0.2) is 0 Å². The molecule has 0 spiro atoms. The van der Waals surface area contributed by atoms with E-state index in [2.05, 4.69) is 31.7 Å². The molecule has 0 bridgehead atoms. The quantitative estimate of drug-likeness (QED) is 0.780. The summed E-state index contributed by atoms with van der Waals surface area (Å²) in [5.41, 5.74) is 2.61. The molecule has 4 unspecified atom stereocenters. The number of carbonyl (C=O) groups excluding carboxylic acids is 1. The van der Waals surface area contributed by atoms with Crippen LogP contribution in [0.15, 0.2) is 36.0 Å². The van der Waals surface area contributed by atoms with Crippen molar-refractivity contribution in [3.8, 4) is 0 Å². The molecule has 4 rings (SSSR count). The van der Waals surface area contributed by atoms with Gasteiger partial charge in [-0.1, -0.05) is 37.3 Å². The number of carbonyl (C=O) groups is 1. The molecular formula is C21H28O2. The molecule has 124 valence electrons. The molecule has 4 aliphatic carbocycles. The molecule has 0 aromatic heterocycles. The third-order valence-corrected chi connectivity index (χ3v) is 7.52. The fraction of sp³-hybridized carbons (Fsp3) is 0.667. The summed E-state index contributed by atoms with van der Waals surface area (Å²) in [5, 5.41) is 10.3. The third kappa shape index (κ3) is 2.07. The Bertz CT molecular complexity index is 599. The zero-order chi connectivity index (χ0) is 16.2. The molecule has 6 atom stereocenters. The van der Waals surface area contributed by atoms with Crippen LogP contribution in [0.25, 0.3) is 0 Å². The van der Waals surface area contributed by atoms with E-state index in [1.807, 2.05) is 0 Å². The Balaban J connectivity index is 1.71. The van der Waals surface area contributed by atoms with E-state index < -0.39 is 0 Å². The minimum absolute atomic E-state index is 0.104. The highest BCUT2D eigenvalue weighted by Crippen LogP contribution is 2.62. The Morgan fingerprint density at radius 2 is 2.13 bits per heavy atom. The molecule has 2 nitrogen and oxygen atoms in total. The summed E-state index contributed by atoms with van der Waals surface area (Å²) in [6, 6.07) is 0. The highest BCUT2D eigenvalue weighted by Gasteiger charge is 2.56. The summed E-state index contributed by atoms with van der Waals surface area (Å²) >= 11 is 0. The van der Waals surface area contributed by atoms with Gasteiger partial charge >= 0.3 is 0 Å². The monoisotopic (exact) mass is 312 g/mol. The topological polar surface area (TPSA) is 37.3 Å². The summed E-state index contributed by atoms with van der Waals surface area (Å²) in [6.45, 7) is 6.62. The second-order valence-corrected chi connectivity index (χ2v) is 8.31. The van der Waals surface area contributed by atoms with E-state index in [0.29, 0.717) is 48.2 Å². The maximum atomic E-state index is 11.9. The Hall–Kier alpha value is -1.15. The van der Waals surface area contributed by atoms with Gasteiger partial charge < -0.3 is 5.11 Å². The van der Waals surface area contributed by atoms with E-state index in [4.69, 9.17) is 0 Å². The van der Waals surface area contributed by atoms with Crippen molar-refractivity contribution in [1.82, 2.24) is 0 Å². The van der Waals surface area contributed by atoms with Crippen molar-refractivity contribution in [2.24, 2.45) is 35.0 Å². The number of Topliss-reactive ketones (excluding diaryl/α,β-unsaturated/α-hetero) is 1. The smallest absolute Gasteiger partial charge is 0.136 e. The van der Waals surface area contributed by atoms with Crippen molar-refractivity contribution in [3.63, 3.8) is 0 Å². The molecular weight excluding hydrogens is 284 g/mol. The van der Waals surface area contributed by atoms with Gasteiger partial charge in [-0.25, -0.2) is 0 Å². The lowest BCUT2D eigenvalue weighted by atomic mass is 9.48. The number of rotatable bonds is 2. The molecule has 0 amide bonds. The summed E-state index contributed by atoms with van der Waals surface area (Å²) in [5.74, 6) is 3.58. The molecule has 1 N–H and O–H groups in total. The average molecular weight is 312 g/mol. The summed E-state index contributed by atoms with van der Waals surface area (Å²) < 4.78 is 0. The van der Waals surface area contributed by atoms with Crippen LogP contribution in [-0.4, -0.2) is 17.5 Å². The Labute approximate surface area is 139 Å². The number of aliphatic hydroxyl groups excluding tert-OH is 1. The highest BCUT2D eigenvalue weighted by atomic mass is 16.3. The lowest BCUT2D eigenvalue weighted by molar-refractivity contribution is -0.123. The third-order valence-electron chi connectivity index (χ3n) is 7.52. The first-order valence-electron chi connectivity index (χ1n) is 9.25. The number of hydrogen-bond acceptors (Lipinski definition) is 2. The zero-order valence-corrected chi connectivity index (χ0v) is 14.1. The Morgan fingerprint density at radius 1 is 1.35 bits per heavy atom. The van der Waals surface area contributed by atoms with Crippen LogP contribution in [-0.2, 0) is 4.79 Å². The normalized spacial score (nSPS) is 45.5. The van der Waals surface area contributed by atoms with Crippen LogP contribution in [0.1, 0.15) is 45.4 Å². The lowest BCUT2D eigenvalue weighted by Crippen LogP contribution is -2.51. The second-order valence-electron chi connectivity index (χ2n) is 8.31. The lowest BCUT2D eigenvalue weighted by Gasteiger charge is -2.56. The molecule has 0 aliphatic heterocycles. The molecule has 2 fully saturated rings. The number of allylic oxidation sites excluding steroid dienone is 4. The van der Waals surface area contributed by atoms with Crippen LogP contribution >= 0.6 is 0 Å². The molecule has 23 heavy (non-hydrogen) atoms. The van der Waals surface area contributed by atoms with Crippen LogP contribution in [0.4, 0.5) is 0 Å².